The van der Waals surface area contributed by atoms with Gasteiger partial charge in [-0.25, -0.2) is 4.98 Å². The first kappa shape index (κ1) is 18.7. The zero-order chi connectivity index (χ0) is 19.7. The number of likely N-dealkylation sites (N-methyl/N-ethyl adjacent to an activating group) is 1. The van der Waals surface area contributed by atoms with Crippen LogP contribution in [0.25, 0.3) is 10.2 Å². The maximum atomic E-state index is 13.5. The summed E-state index contributed by atoms with van der Waals surface area (Å²) in [6.07, 6.45) is -1.11. The molecule has 0 fully saturated rings. The van der Waals surface area contributed by atoms with E-state index >= 15 is 0 Å². The molecule has 0 saturated carbocycles. The van der Waals surface area contributed by atoms with Gasteiger partial charge in [-0.1, -0.05) is 35.6 Å². The molecule has 1 aromatic heterocycles. The Bertz CT molecular complexity index is 955. The van der Waals surface area contributed by atoms with Gasteiger partial charge in [-0.2, -0.15) is 0 Å². The molecule has 0 saturated heterocycles. The molecule has 0 bridgehead atoms. The maximum Gasteiger partial charge on any atom is 0.273 e. The fourth-order valence-electron chi connectivity index (χ4n) is 3.12. The number of hydrogen-bond acceptors (Lipinski definition) is 6. The number of rotatable bonds is 5. The van der Waals surface area contributed by atoms with Crippen LogP contribution in [0.3, 0.4) is 0 Å². The van der Waals surface area contributed by atoms with Crippen LogP contribution in [-0.4, -0.2) is 55.2 Å². The second-order valence-electron chi connectivity index (χ2n) is 7.07. The van der Waals surface area contributed by atoms with Gasteiger partial charge in [0.2, 0.25) is 6.10 Å². The largest absolute Gasteiger partial charge is 0.482 e. The molecule has 1 amide bonds. The predicted octanol–water partition coefficient (Wildman–Crippen LogP) is 3.42. The number of para-hydroxylation sites is 3. The third-order valence-corrected chi connectivity index (χ3v) is 5.70. The number of benzene rings is 2. The molecular weight excluding hydrogens is 374 g/mol. The van der Waals surface area contributed by atoms with Crippen molar-refractivity contribution in [2.24, 2.45) is 0 Å². The minimum Gasteiger partial charge on any atom is -0.482 e. The van der Waals surface area contributed by atoms with E-state index in [0.717, 1.165) is 16.8 Å². The van der Waals surface area contributed by atoms with E-state index in [4.69, 9.17) is 9.47 Å². The van der Waals surface area contributed by atoms with Crippen LogP contribution >= 0.6 is 11.3 Å². The Labute approximate surface area is 168 Å². The van der Waals surface area contributed by atoms with E-state index in [1.54, 1.807) is 4.90 Å². The molecule has 2 aromatic carbocycles. The van der Waals surface area contributed by atoms with Gasteiger partial charge >= 0.3 is 0 Å². The van der Waals surface area contributed by atoms with E-state index in [2.05, 4.69) is 4.98 Å². The first-order valence-corrected chi connectivity index (χ1v) is 10.1. The molecule has 2 unspecified atom stereocenters. The molecule has 0 aliphatic carbocycles. The summed E-state index contributed by atoms with van der Waals surface area (Å²) in [6, 6.07) is 15.3. The van der Waals surface area contributed by atoms with E-state index in [1.165, 1.54) is 11.3 Å². The predicted molar refractivity (Wildman–Crippen MR) is 111 cm³/mol. The summed E-state index contributed by atoms with van der Waals surface area (Å²) in [5.41, 5.74) is 0.893. The normalized spacial score (nSPS) is 18.4. The van der Waals surface area contributed by atoms with Crippen molar-refractivity contribution in [3.63, 3.8) is 0 Å². The fraction of sp³-hybridized carbons (Fsp3) is 0.333. The topological polar surface area (TPSA) is 54.9 Å². The molecule has 3 aromatic rings. The Morgan fingerprint density at radius 2 is 1.71 bits per heavy atom. The average Bonchev–Trinajstić information content (AvgIpc) is 3.11. The highest BCUT2D eigenvalue weighted by Crippen LogP contribution is 2.35. The van der Waals surface area contributed by atoms with Crippen molar-refractivity contribution in [2.45, 2.75) is 19.1 Å². The standard InChI is InChI=1S/C21H23N3O3S/c1-14-19(27-17-10-6-5-9-16(17)26-14)20(25)24(13-12-23(2)3)21-22-15-8-4-7-11-18(15)28-21/h4-11,14,19H,12-13H2,1-3H3. The lowest BCUT2D eigenvalue weighted by molar-refractivity contribution is -0.130. The lowest BCUT2D eigenvalue weighted by atomic mass is 10.1. The van der Waals surface area contributed by atoms with Crippen molar-refractivity contribution < 1.29 is 14.3 Å². The quantitative estimate of drug-likeness (QED) is 0.660. The van der Waals surface area contributed by atoms with Gasteiger partial charge in [0.1, 0.15) is 6.10 Å². The number of aromatic nitrogens is 1. The van der Waals surface area contributed by atoms with Crippen LogP contribution in [0.5, 0.6) is 11.5 Å². The van der Waals surface area contributed by atoms with Crippen LogP contribution in [0.1, 0.15) is 6.92 Å². The maximum absolute atomic E-state index is 13.5. The van der Waals surface area contributed by atoms with Gasteiger partial charge in [-0.15, -0.1) is 0 Å². The zero-order valence-corrected chi connectivity index (χ0v) is 17.0. The van der Waals surface area contributed by atoms with Gasteiger partial charge in [0.25, 0.3) is 5.91 Å². The third kappa shape index (κ3) is 3.68. The lowest BCUT2D eigenvalue weighted by Gasteiger charge is -2.34. The van der Waals surface area contributed by atoms with Crippen molar-refractivity contribution in [3.8, 4) is 11.5 Å². The molecule has 7 heteroatoms. The number of ether oxygens (including phenoxy) is 2. The van der Waals surface area contributed by atoms with Crippen molar-refractivity contribution in [1.82, 2.24) is 9.88 Å². The average molecular weight is 398 g/mol. The molecule has 0 radical (unpaired) electrons. The van der Waals surface area contributed by atoms with Gasteiger partial charge in [0.15, 0.2) is 16.6 Å². The van der Waals surface area contributed by atoms with Crippen LogP contribution in [-0.2, 0) is 4.79 Å². The molecule has 4 rings (SSSR count). The van der Waals surface area contributed by atoms with E-state index < -0.39 is 12.2 Å². The van der Waals surface area contributed by atoms with Gasteiger partial charge in [-0.3, -0.25) is 9.69 Å². The number of anilines is 1. The van der Waals surface area contributed by atoms with E-state index in [0.29, 0.717) is 23.2 Å². The Balaban J connectivity index is 1.65. The van der Waals surface area contributed by atoms with Crippen LogP contribution < -0.4 is 14.4 Å². The first-order valence-electron chi connectivity index (χ1n) is 9.27. The highest BCUT2D eigenvalue weighted by Gasteiger charge is 2.38. The molecule has 28 heavy (non-hydrogen) atoms. The molecule has 146 valence electrons. The van der Waals surface area contributed by atoms with Crippen molar-refractivity contribution in [3.05, 3.63) is 48.5 Å². The van der Waals surface area contributed by atoms with E-state index in [9.17, 15) is 4.79 Å². The summed E-state index contributed by atoms with van der Waals surface area (Å²) < 4.78 is 13.0. The number of nitrogens with zero attached hydrogens (tertiary/aromatic N) is 3. The SMILES string of the molecule is CC1Oc2ccccc2OC1C(=O)N(CCN(C)C)c1nc2ccccc2s1. The molecule has 6 nitrogen and oxygen atoms in total. The van der Waals surface area contributed by atoms with Gasteiger partial charge in [-0.05, 0) is 45.3 Å². The minimum atomic E-state index is -0.718. The van der Waals surface area contributed by atoms with Crippen molar-refractivity contribution >= 4 is 32.6 Å². The van der Waals surface area contributed by atoms with Crippen molar-refractivity contribution in [2.75, 3.05) is 32.1 Å². The lowest BCUT2D eigenvalue weighted by Crippen LogP contribution is -2.52. The Hall–Kier alpha value is -2.64. The van der Waals surface area contributed by atoms with Crippen LogP contribution in [0.2, 0.25) is 0 Å². The highest BCUT2D eigenvalue weighted by atomic mass is 32.1. The smallest absolute Gasteiger partial charge is 0.273 e. The zero-order valence-electron chi connectivity index (χ0n) is 16.2. The van der Waals surface area contributed by atoms with Gasteiger partial charge < -0.3 is 14.4 Å². The molecular formula is C21H23N3O3S. The summed E-state index contributed by atoms with van der Waals surface area (Å²) in [4.78, 5) is 21.9. The summed E-state index contributed by atoms with van der Waals surface area (Å²) in [7, 11) is 3.97. The molecule has 0 N–H and O–H groups in total. The second kappa shape index (κ2) is 7.77. The van der Waals surface area contributed by atoms with E-state index in [-0.39, 0.29) is 5.91 Å². The number of fused-ring (bicyclic) bond motifs is 2. The van der Waals surface area contributed by atoms with Crippen LogP contribution in [0.15, 0.2) is 48.5 Å². The molecule has 0 spiro atoms. The molecule has 1 aliphatic rings. The number of carbonyl (C=O) groups excluding carboxylic acids is 1. The van der Waals surface area contributed by atoms with Crippen molar-refractivity contribution in [1.29, 1.82) is 0 Å². The van der Waals surface area contributed by atoms with Crippen LogP contribution in [0, 0.1) is 0 Å². The van der Waals surface area contributed by atoms with Gasteiger partial charge in [0, 0.05) is 13.1 Å². The summed E-state index contributed by atoms with van der Waals surface area (Å²) in [5, 5.41) is 0.683. The monoisotopic (exact) mass is 397 g/mol. The molecule has 2 atom stereocenters. The Kier molecular flexibility index (Phi) is 5.19. The third-order valence-electron chi connectivity index (χ3n) is 4.64. The number of carbonyl (C=O) groups is 1. The number of amides is 1. The minimum absolute atomic E-state index is 0.136. The Morgan fingerprint density at radius 1 is 1.04 bits per heavy atom. The summed E-state index contributed by atoms with van der Waals surface area (Å²) in [6.45, 7) is 3.11. The number of thiazole rings is 1. The van der Waals surface area contributed by atoms with Crippen LogP contribution in [0.4, 0.5) is 5.13 Å². The fourth-order valence-corrected chi connectivity index (χ4v) is 4.12. The summed E-state index contributed by atoms with van der Waals surface area (Å²) in [5.74, 6) is 1.12. The second-order valence-corrected chi connectivity index (χ2v) is 8.07. The molecule has 1 aliphatic heterocycles. The highest BCUT2D eigenvalue weighted by molar-refractivity contribution is 7.22. The van der Waals surface area contributed by atoms with E-state index in [1.807, 2.05) is 74.4 Å². The molecule has 2 heterocycles. The van der Waals surface area contributed by atoms with Gasteiger partial charge in [0.05, 0.1) is 10.2 Å². The summed E-state index contributed by atoms with van der Waals surface area (Å²) >= 11 is 1.52. The Morgan fingerprint density at radius 3 is 2.43 bits per heavy atom. The number of hydrogen-bond donors (Lipinski definition) is 0. The first-order chi connectivity index (χ1) is 13.5.